The number of nitrogen functional groups attached to an aromatic ring is 1. The zero-order valence-corrected chi connectivity index (χ0v) is 11.3. The minimum Gasteiger partial charge on any atom is -0.364 e. The standard InChI is InChI=1S/C11H18N6O3/c1-7(2)14-10(18)5-6-13-11-8(17(19)20)3-4-9(15-11)16-12/h3-4,7H,5-6,12H2,1-2H3,(H,14,18)(H2,13,15,16). The van der Waals surface area contributed by atoms with Crippen molar-refractivity contribution in [2.24, 2.45) is 5.84 Å². The molecule has 0 atom stereocenters. The summed E-state index contributed by atoms with van der Waals surface area (Å²) in [6.07, 6.45) is 0.192. The summed E-state index contributed by atoms with van der Waals surface area (Å²) < 4.78 is 0. The molecule has 9 heteroatoms. The van der Waals surface area contributed by atoms with E-state index in [1.807, 2.05) is 13.8 Å². The van der Waals surface area contributed by atoms with Crippen molar-refractivity contribution in [1.29, 1.82) is 0 Å². The van der Waals surface area contributed by atoms with Crippen molar-refractivity contribution in [3.05, 3.63) is 22.2 Å². The zero-order valence-electron chi connectivity index (χ0n) is 11.3. The minimum atomic E-state index is -0.552. The minimum absolute atomic E-state index is 0.0553. The number of hydrazine groups is 1. The normalized spacial score (nSPS) is 10.2. The summed E-state index contributed by atoms with van der Waals surface area (Å²) in [7, 11) is 0. The van der Waals surface area contributed by atoms with E-state index >= 15 is 0 Å². The second-order valence-corrected chi connectivity index (χ2v) is 4.36. The number of pyridine rings is 1. The molecule has 1 aromatic rings. The summed E-state index contributed by atoms with van der Waals surface area (Å²) in [4.78, 5) is 25.7. The molecular formula is C11H18N6O3. The van der Waals surface area contributed by atoms with E-state index in [0.29, 0.717) is 5.82 Å². The molecule has 0 saturated carbocycles. The fourth-order valence-corrected chi connectivity index (χ4v) is 1.50. The second kappa shape index (κ2) is 7.24. The molecule has 0 aromatic carbocycles. The van der Waals surface area contributed by atoms with E-state index < -0.39 is 4.92 Å². The lowest BCUT2D eigenvalue weighted by Gasteiger charge is -2.10. The van der Waals surface area contributed by atoms with E-state index in [-0.39, 0.29) is 36.4 Å². The molecule has 0 saturated heterocycles. The molecule has 1 rings (SSSR count). The maximum absolute atomic E-state index is 11.4. The van der Waals surface area contributed by atoms with E-state index in [4.69, 9.17) is 5.84 Å². The molecule has 0 aliphatic carbocycles. The van der Waals surface area contributed by atoms with E-state index in [9.17, 15) is 14.9 Å². The highest BCUT2D eigenvalue weighted by atomic mass is 16.6. The maximum atomic E-state index is 11.4. The molecule has 5 N–H and O–H groups in total. The fourth-order valence-electron chi connectivity index (χ4n) is 1.50. The summed E-state index contributed by atoms with van der Waals surface area (Å²) in [5, 5.41) is 16.3. The zero-order chi connectivity index (χ0) is 15.1. The Labute approximate surface area is 116 Å². The predicted molar refractivity (Wildman–Crippen MR) is 75.1 cm³/mol. The SMILES string of the molecule is CC(C)NC(=O)CCNc1nc(NN)ccc1[N+](=O)[O-]. The van der Waals surface area contributed by atoms with Gasteiger partial charge in [-0.05, 0) is 19.9 Å². The molecule has 0 aliphatic heterocycles. The Balaban J connectivity index is 2.66. The molecule has 1 aromatic heterocycles. The van der Waals surface area contributed by atoms with E-state index in [0.717, 1.165) is 0 Å². The molecule has 0 aliphatic rings. The van der Waals surface area contributed by atoms with E-state index in [1.165, 1.54) is 12.1 Å². The van der Waals surface area contributed by atoms with Crippen LogP contribution < -0.4 is 21.9 Å². The molecule has 0 fully saturated rings. The average Bonchev–Trinajstić information content (AvgIpc) is 2.37. The number of carbonyl (C=O) groups is 1. The van der Waals surface area contributed by atoms with Gasteiger partial charge in [0.05, 0.1) is 4.92 Å². The Morgan fingerprint density at radius 2 is 2.20 bits per heavy atom. The highest BCUT2D eigenvalue weighted by molar-refractivity contribution is 5.76. The third-order valence-electron chi connectivity index (χ3n) is 2.31. The Bertz CT molecular complexity index is 491. The summed E-state index contributed by atoms with van der Waals surface area (Å²) in [6, 6.07) is 2.74. The fraction of sp³-hybridized carbons (Fsp3) is 0.455. The van der Waals surface area contributed by atoms with Crippen LogP contribution in [0.4, 0.5) is 17.3 Å². The number of nitrogens with two attached hydrogens (primary N) is 1. The number of anilines is 2. The van der Waals surface area contributed by atoms with Crippen LogP contribution in [0.25, 0.3) is 0 Å². The summed E-state index contributed by atoms with van der Waals surface area (Å²) >= 11 is 0. The molecule has 20 heavy (non-hydrogen) atoms. The molecule has 0 radical (unpaired) electrons. The quantitative estimate of drug-likeness (QED) is 0.326. The summed E-state index contributed by atoms with van der Waals surface area (Å²) in [6.45, 7) is 3.95. The summed E-state index contributed by atoms with van der Waals surface area (Å²) in [5.74, 6) is 5.43. The lowest BCUT2D eigenvalue weighted by atomic mass is 10.3. The van der Waals surface area contributed by atoms with Gasteiger partial charge in [-0.3, -0.25) is 14.9 Å². The molecule has 0 spiro atoms. The number of aromatic nitrogens is 1. The Hall–Kier alpha value is -2.42. The van der Waals surface area contributed by atoms with Crippen LogP contribution in [0, 0.1) is 10.1 Å². The van der Waals surface area contributed by atoms with Gasteiger partial charge in [-0.15, -0.1) is 0 Å². The Kier molecular flexibility index (Phi) is 5.66. The number of amides is 1. The van der Waals surface area contributed by atoms with Gasteiger partial charge in [-0.1, -0.05) is 0 Å². The van der Waals surface area contributed by atoms with Crippen LogP contribution >= 0.6 is 0 Å². The average molecular weight is 282 g/mol. The van der Waals surface area contributed by atoms with Gasteiger partial charge < -0.3 is 16.1 Å². The predicted octanol–water partition coefficient (Wildman–Crippen LogP) is 0.602. The van der Waals surface area contributed by atoms with Crippen molar-refractivity contribution in [2.45, 2.75) is 26.3 Å². The van der Waals surface area contributed by atoms with Crippen molar-refractivity contribution < 1.29 is 9.72 Å². The number of nitrogens with one attached hydrogen (secondary N) is 3. The highest BCUT2D eigenvalue weighted by Gasteiger charge is 2.15. The first kappa shape index (κ1) is 15.6. The number of hydrogen-bond acceptors (Lipinski definition) is 7. The molecule has 1 amide bonds. The van der Waals surface area contributed by atoms with E-state index in [1.54, 1.807) is 0 Å². The topological polar surface area (TPSA) is 135 Å². The monoisotopic (exact) mass is 282 g/mol. The number of carbonyl (C=O) groups excluding carboxylic acids is 1. The smallest absolute Gasteiger partial charge is 0.311 e. The van der Waals surface area contributed by atoms with Crippen LogP contribution in [0.2, 0.25) is 0 Å². The van der Waals surface area contributed by atoms with Crippen molar-refractivity contribution in [2.75, 3.05) is 17.3 Å². The highest BCUT2D eigenvalue weighted by Crippen LogP contribution is 2.23. The third kappa shape index (κ3) is 4.69. The van der Waals surface area contributed by atoms with Crippen LogP contribution in [-0.4, -0.2) is 28.4 Å². The lowest BCUT2D eigenvalue weighted by molar-refractivity contribution is -0.384. The second-order valence-electron chi connectivity index (χ2n) is 4.36. The van der Waals surface area contributed by atoms with Crippen LogP contribution in [0.5, 0.6) is 0 Å². The van der Waals surface area contributed by atoms with Gasteiger partial charge in [0, 0.05) is 25.1 Å². The first-order chi connectivity index (χ1) is 9.43. The number of nitro groups is 1. The van der Waals surface area contributed by atoms with Gasteiger partial charge in [0.2, 0.25) is 11.7 Å². The molecule has 9 nitrogen and oxygen atoms in total. The van der Waals surface area contributed by atoms with Gasteiger partial charge in [0.15, 0.2) is 0 Å². The number of hydrogen-bond donors (Lipinski definition) is 4. The van der Waals surface area contributed by atoms with Gasteiger partial charge in [0.25, 0.3) is 0 Å². The molecule has 0 bridgehead atoms. The van der Waals surface area contributed by atoms with Crippen LogP contribution in [0.1, 0.15) is 20.3 Å². The Morgan fingerprint density at radius 3 is 2.75 bits per heavy atom. The van der Waals surface area contributed by atoms with Crippen molar-refractivity contribution in [3.8, 4) is 0 Å². The third-order valence-corrected chi connectivity index (χ3v) is 2.31. The van der Waals surface area contributed by atoms with Gasteiger partial charge in [-0.2, -0.15) is 0 Å². The Morgan fingerprint density at radius 1 is 1.50 bits per heavy atom. The van der Waals surface area contributed by atoms with Gasteiger partial charge in [0.1, 0.15) is 5.82 Å². The first-order valence-electron chi connectivity index (χ1n) is 6.09. The molecule has 110 valence electrons. The van der Waals surface area contributed by atoms with Crippen molar-refractivity contribution >= 4 is 23.2 Å². The molecular weight excluding hydrogens is 264 g/mol. The van der Waals surface area contributed by atoms with E-state index in [2.05, 4.69) is 21.0 Å². The lowest BCUT2D eigenvalue weighted by Crippen LogP contribution is -2.31. The van der Waals surface area contributed by atoms with Crippen LogP contribution in [-0.2, 0) is 4.79 Å². The van der Waals surface area contributed by atoms with Gasteiger partial charge in [-0.25, -0.2) is 10.8 Å². The van der Waals surface area contributed by atoms with Gasteiger partial charge >= 0.3 is 5.69 Å². The maximum Gasteiger partial charge on any atom is 0.311 e. The summed E-state index contributed by atoms with van der Waals surface area (Å²) in [5.41, 5.74) is 2.13. The number of rotatable bonds is 7. The first-order valence-corrected chi connectivity index (χ1v) is 6.09. The molecule has 1 heterocycles. The molecule has 0 unspecified atom stereocenters. The van der Waals surface area contributed by atoms with Crippen LogP contribution in [0.3, 0.4) is 0 Å². The van der Waals surface area contributed by atoms with Crippen molar-refractivity contribution in [3.63, 3.8) is 0 Å². The number of nitrogens with zero attached hydrogens (tertiary/aromatic N) is 2. The van der Waals surface area contributed by atoms with Crippen molar-refractivity contribution in [1.82, 2.24) is 10.3 Å². The largest absolute Gasteiger partial charge is 0.364 e. The van der Waals surface area contributed by atoms with Crippen LogP contribution in [0.15, 0.2) is 12.1 Å².